The minimum Gasteiger partial charge on any atom is -0.379 e. The fourth-order valence-corrected chi connectivity index (χ4v) is 1.80. The van der Waals surface area contributed by atoms with Crippen LogP contribution in [-0.4, -0.2) is 32.6 Å². The number of carbonyl (C=O) groups excluding carboxylic acids is 1. The quantitative estimate of drug-likeness (QED) is 0.481. The number of nitrogens with zero attached hydrogens (tertiary/aromatic N) is 4. The molecule has 0 saturated heterocycles. The van der Waals surface area contributed by atoms with Crippen LogP contribution in [-0.2, 0) is 0 Å². The molecule has 2 heterocycles. The highest BCUT2D eigenvalue weighted by Gasteiger charge is 2.15. The van der Waals surface area contributed by atoms with Gasteiger partial charge in [-0.25, -0.2) is 10.1 Å². The molecule has 0 spiro atoms. The van der Waals surface area contributed by atoms with Gasteiger partial charge in [-0.15, -0.1) is 0 Å². The number of hydrogen-bond donors (Lipinski definition) is 3. The van der Waals surface area contributed by atoms with Gasteiger partial charge < -0.3 is 5.73 Å². The summed E-state index contributed by atoms with van der Waals surface area (Å²) in [7, 11) is 0. The summed E-state index contributed by atoms with van der Waals surface area (Å²) >= 11 is 0. The molecule has 0 bridgehead atoms. The second-order valence-electron chi connectivity index (χ2n) is 4.26. The summed E-state index contributed by atoms with van der Waals surface area (Å²) in [4.78, 5) is 11.7. The third kappa shape index (κ3) is 2.68. The summed E-state index contributed by atoms with van der Waals surface area (Å²) < 4.78 is 4.34. The third-order valence-electron chi connectivity index (χ3n) is 2.83. The van der Waals surface area contributed by atoms with Crippen molar-refractivity contribution >= 4 is 17.9 Å². The Labute approximate surface area is 124 Å². The maximum absolute atomic E-state index is 11.7. The van der Waals surface area contributed by atoms with Crippen molar-refractivity contribution < 1.29 is 9.42 Å². The molecule has 1 aromatic carbocycles. The van der Waals surface area contributed by atoms with E-state index in [0.717, 1.165) is 16.8 Å². The van der Waals surface area contributed by atoms with Crippen molar-refractivity contribution in [2.75, 3.05) is 5.73 Å². The van der Waals surface area contributed by atoms with Gasteiger partial charge in [0.2, 0.25) is 11.5 Å². The summed E-state index contributed by atoms with van der Waals surface area (Å²) in [5.41, 5.74) is 10.1. The zero-order valence-electron chi connectivity index (χ0n) is 11.2. The number of nitrogens with one attached hydrogen (secondary N) is 2. The Balaban J connectivity index is 1.73. The van der Waals surface area contributed by atoms with E-state index in [0.29, 0.717) is 0 Å². The monoisotopic (exact) mass is 297 g/mol. The van der Waals surface area contributed by atoms with Crippen LogP contribution in [0, 0.1) is 0 Å². The van der Waals surface area contributed by atoms with Gasteiger partial charge in [-0.1, -0.05) is 30.3 Å². The molecule has 4 N–H and O–H groups in total. The lowest BCUT2D eigenvalue weighted by Gasteiger charge is -1.99. The van der Waals surface area contributed by atoms with Gasteiger partial charge in [0.15, 0.2) is 0 Å². The van der Waals surface area contributed by atoms with Crippen LogP contribution in [0.3, 0.4) is 0 Å². The molecule has 0 aliphatic rings. The molecule has 1 amide bonds. The molecule has 0 aliphatic heterocycles. The van der Waals surface area contributed by atoms with E-state index in [4.69, 9.17) is 5.73 Å². The predicted molar refractivity (Wildman–Crippen MR) is 77.8 cm³/mol. The smallest absolute Gasteiger partial charge is 0.297 e. The summed E-state index contributed by atoms with van der Waals surface area (Å²) in [6.07, 6.45) is 3.07. The Kier molecular flexibility index (Phi) is 3.60. The van der Waals surface area contributed by atoms with E-state index in [9.17, 15) is 4.79 Å². The fourth-order valence-electron chi connectivity index (χ4n) is 1.80. The molecule has 3 rings (SSSR count). The first-order valence-corrected chi connectivity index (χ1v) is 6.26. The number of hydrazone groups is 1. The molecule has 0 fully saturated rings. The normalized spacial score (nSPS) is 10.9. The first kappa shape index (κ1) is 13.5. The zero-order valence-corrected chi connectivity index (χ0v) is 11.2. The average Bonchev–Trinajstić information content (AvgIpc) is 3.17. The number of benzene rings is 1. The van der Waals surface area contributed by atoms with Crippen LogP contribution in [0.2, 0.25) is 0 Å². The maximum Gasteiger partial charge on any atom is 0.297 e. The molecule has 0 radical (unpaired) electrons. The number of hydrogen-bond acceptors (Lipinski definition) is 7. The Morgan fingerprint density at radius 3 is 2.86 bits per heavy atom. The maximum atomic E-state index is 11.7. The highest BCUT2D eigenvalue weighted by Crippen LogP contribution is 2.18. The van der Waals surface area contributed by atoms with Crippen LogP contribution in [0.15, 0.2) is 46.3 Å². The van der Waals surface area contributed by atoms with Crippen molar-refractivity contribution in [1.29, 1.82) is 0 Å². The lowest BCUT2D eigenvalue weighted by atomic mass is 10.1. The molecule has 3 aromatic rings. The molecule has 2 aromatic heterocycles. The second-order valence-corrected chi connectivity index (χ2v) is 4.26. The molecule has 0 atom stereocenters. The lowest BCUT2D eigenvalue weighted by Crippen LogP contribution is -2.19. The Bertz CT molecular complexity index is 807. The van der Waals surface area contributed by atoms with Crippen molar-refractivity contribution in [3.8, 4) is 11.3 Å². The molecule has 0 unspecified atom stereocenters. The van der Waals surface area contributed by atoms with Crippen molar-refractivity contribution in [3.05, 3.63) is 47.8 Å². The topological polar surface area (TPSA) is 135 Å². The lowest BCUT2D eigenvalue weighted by molar-refractivity contribution is 0.0946. The molecule has 110 valence electrons. The fraction of sp³-hybridized carbons (Fsp3) is 0. The molecule has 9 nitrogen and oxygen atoms in total. The van der Waals surface area contributed by atoms with Gasteiger partial charge >= 0.3 is 0 Å². The zero-order chi connectivity index (χ0) is 15.4. The van der Waals surface area contributed by atoms with E-state index in [1.807, 2.05) is 30.3 Å². The first-order chi connectivity index (χ1) is 10.8. The molecule has 0 saturated carbocycles. The van der Waals surface area contributed by atoms with Crippen LogP contribution in [0.5, 0.6) is 0 Å². The van der Waals surface area contributed by atoms with Gasteiger partial charge in [-0.2, -0.15) is 10.2 Å². The number of amides is 1. The third-order valence-corrected chi connectivity index (χ3v) is 2.83. The van der Waals surface area contributed by atoms with Gasteiger partial charge in [0.25, 0.3) is 5.91 Å². The van der Waals surface area contributed by atoms with Crippen molar-refractivity contribution in [3.63, 3.8) is 0 Å². The van der Waals surface area contributed by atoms with Gasteiger partial charge in [-0.05, 0) is 10.3 Å². The molecule has 9 heteroatoms. The highest BCUT2D eigenvalue weighted by atomic mass is 16.6. The van der Waals surface area contributed by atoms with E-state index in [1.165, 1.54) is 6.21 Å². The molecule has 0 aliphatic carbocycles. The molecule has 22 heavy (non-hydrogen) atoms. The first-order valence-electron chi connectivity index (χ1n) is 6.26. The van der Waals surface area contributed by atoms with Gasteiger partial charge in [0.05, 0.1) is 18.1 Å². The summed E-state index contributed by atoms with van der Waals surface area (Å²) in [5, 5.41) is 17.4. The van der Waals surface area contributed by atoms with Crippen LogP contribution in [0.1, 0.15) is 16.1 Å². The predicted octanol–water partition coefficient (Wildman–Crippen LogP) is 0.806. The van der Waals surface area contributed by atoms with Crippen molar-refractivity contribution in [2.45, 2.75) is 0 Å². The number of rotatable bonds is 4. The Hall–Kier alpha value is -3.49. The number of nitrogen functional groups attached to an aromatic ring is 1. The number of aromatic nitrogens is 4. The van der Waals surface area contributed by atoms with Crippen molar-refractivity contribution in [1.82, 2.24) is 25.9 Å². The standard InChI is InChI=1S/C13H11N7O2/c14-12-11(19-22-20-12)13(21)18-16-7-9-6-15-17-10(9)8-4-2-1-3-5-8/h1-7H,(H2,14,20)(H,15,17)(H,18,21). The average molecular weight is 297 g/mol. The number of H-pyrrole nitrogens is 1. The van der Waals surface area contributed by atoms with E-state index in [2.05, 4.69) is 35.7 Å². The minimum absolute atomic E-state index is 0.0963. The van der Waals surface area contributed by atoms with Crippen molar-refractivity contribution in [2.24, 2.45) is 5.10 Å². The summed E-state index contributed by atoms with van der Waals surface area (Å²) in [6.45, 7) is 0. The minimum atomic E-state index is -0.611. The summed E-state index contributed by atoms with van der Waals surface area (Å²) in [6, 6.07) is 9.62. The van der Waals surface area contributed by atoms with Crippen LogP contribution < -0.4 is 11.2 Å². The van der Waals surface area contributed by atoms with E-state index < -0.39 is 5.91 Å². The van der Waals surface area contributed by atoms with Gasteiger partial charge in [0, 0.05) is 11.1 Å². The summed E-state index contributed by atoms with van der Waals surface area (Å²) in [5.74, 6) is -0.708. The number of aromatic amines is 1. The molecular formula is C13H11N7O2. The van der Waals surface area contributed by atoms with E-state index in [-0.39, 0.29) is 11.5 Å². The van der Waals surface area contributed by atoms with Gasteiger partial charge in [0.1, 0.15) is 0 Å². The molecular weight excluding hydrogens is 286 g/mol. The Morgan fingerprint density at radius 2 is 2.14 bits per heavy atom. The number of carbonyl (C=O) groups is 1. The van der Waals surface area contributed by atoms with Crippen LogP contribution >= 0.6 is 0 Å². The second kappa shape index (κ2) is 5.87. The van der Waals surface area contributed by atoms with E-state index >= 15 is 0 Å². The highest BCUT2D eigenvalue weighted by molar-refractivity contribution is 5.97. The van der Waals surface area contributed by atoms with Crippen LogP contribution in [0.4, 0.5) is 5.82 Å². The van der Waals surface area contributed by atoms with E-state index in [1.54, 1.807) is 6.20 Å². The number of nitrogens with two attached hydrogens (primary N) is 1. The van der Waals surface area contributed by atoms with Crippen LogP contribution in [0.25, 0.3) is 11.3 Å². The largest absolute Gasteiger partial charge is 0.379 e. The number of anilines is 1. The SMILES string of the molecule is Nc1nonc1C(=O)NN=Cc1cn[nH]c1-c1ccccc1. The Morgan fingerprint density at radius 1 is 1.32 bits per heavy atom. The van der Waals surface area contributed by atoms with Gasteiger partial charge in [-0.3, -0.25) is 9.89 Å².